The minimum absolute atomic E-state index is 0.00694. The van der Waals surface area contributed by atoms with Crippen molar-refractivity contribution in [3.05, 3.63) is 64.2 Å². The first-order valence-corrected chi connectivity index (χ1v) is 6.57. The number of nitrogens with two attached hydrogens (primary N) is 1. The van der Waals surface area contributed by atoms with Crippen molar-refractivity contribution in [2.75, 3.05) is 5.32 Å². The van der Waals surface area contributed by atoms with Gasteiger partial charge in [-0.25, -0.2) is 8.78 Å². The van der Waals surface area contributed by atoms with E-state index < -0.39 is 17.5 Å². The van der Waals surface area contributed by atoms with Crippen LogP contribution in [0.2, 0.25) is 5.02 Å². The van der Waals surface area contributed by atoms with E-state index in [1.54, 1.807) is 13.0 Å². The zero-order valence-electron chi connectivity index (χ0n) is 11.2. The molecule has 6 heteroatoms. The quantitative estimate of drug-likeness (QED) is 0.900. The van der Waals surface area contributed by atoms with Crippen molar-refractivity contribution in [1.82, 2.24) is 0 Å². The second-order valence-electron chi connectivity index (χ2n) is 4.60. The predicted molar refractivity (Wildman–Crippen MR) is 78.4 cm³/mol. The van der Waals surface area contributed by atoms with Crippen LogP contribution in [0.5, 0.6) is 0 Å². The molecule has 110 valence electrons. The average Bonchev–Trinajstić information content (AvgIpc) is 2.43. The summed E-state index contributed by atoms with van der Waals surface area (Å²) >= 11 is 5.72. The smallest absolute Gasteiger partial charge is 0.248 e. The van der Waals surface area contributed by atoms with Crippen LogP contribution >= 0.6 is 11.6 Å². The van der Waals surface area contributed by atoms with E-state index in [4.69, 9.17) is 17.3 Å². The van der Waals surface area contributed by atoms with Gasteiger partial charge in [-0.05, 0) is 42.8 Å². The maximum absolute atomic E-state index is 13.8. The zero-order valence-corrected chi connectivity index (χ0v) is 11.9. The molecule has 0 spiro atoms. The van der Waals surface area contributed by atoms with Gasteiger partial charge in [0.2, 0.25) is 5.91 Å². The van der Waals surface area contributed by atoms with E-state index in [0.717, 1.165) is 6.07 Å². The Morgan fingerprint density at radius 3 is 2.48 bits per heavy atom. The molecule has 0 radical (unpaired) electrons. The average molecular weight is 311 g/mol. The Kier molecular flexibility index (Phi) is 4.43. The summed E-state index contributed by atoms with van der Waals surface area (Å²) < 4.78 is 26.9. The van der Waals surface area contributed by atoms with Crippen molar-refractivity contribution in [3.8, 4) is 0 Å². The second kappa shape index (κ2) is 6.10. The Morgan fingerprint density at radius 2 is 1.86 bits per heavy atom. The number of amides is 1. The van der Waals surface area contributed by atoms with E-state index in [1.807, 2.05) is 0 Å². The fourth-order valence-electron chi connectivity index (χ4n) is 1.89. The lowest BCUT2D eigenvalue weighted by Gasteiger charge is -2.17. The van der Waals surface area contributed by atoms with Crippen LogP contribution in [0.3, 0.4) is 0 Å². The van der Waals surface area contributed by atoms with Gasteiger partial charge < -0.3 is 11.1 Å². The number of halogens is 3. The maximum atomic E-state index is 13.8. The summed E-state index contributed by atoms with van der Waals surface area (Å²) in [5.41, 5.74) is 6.18. The Bertz CT molecular complexity index is 691. The Balaban J connectivity index is 2.26. The summed E-state index contributed by atoms with van der Waals surface area (Å²) in [7, 11) is 0. The summed E-state index contributed by atoms with van der Waals surface area (Å²) in [6, 6.07) is 7.72. The fraction of sp³-hybridized carbons (Fsp3) is 0.133. The fourth-order valence-corrected chi connectivity index (χ4v) is 2.08. The summed E-state index contributed by atoms with van der Waals surface area (Å²) in [4.78, 5) is 11.1. The molecule has 1 atom stereocenters. The maximum Gasteiger partial charge on any atom is 0.248 e. The van der Waals surface area contributed by atoms with E-state index in [-0.39, 0.29) is 22.3 Å². The van der Waals surface area contributed by atoms with Crippen LogP contribution in [0.4, 0.5) is 14.5 Å². The Hall–Kier alpha value is -2.14. The van der Waals surface area contributed by atoms with Crippen LogP contribution in [-0.4, -0.2) is 5.91 Å². The molecule has 0 aliphatic rings. The first-order valence-electron chi connectivity index (χ1n) is 6.19. The number of rotatable bonds is 4. The minimum Gasteiger partial charge on any atom is -0.376 e. The van der Waals surface area contributed by atoms with Crippen molar-refractivity contribution < 1.29 is 13.6 Å². The molecule has 0 bridgehead atoms. The van der Waals surface area contributed by atoms with Gasteiger partial charge in [-0.2, -0.15) is 0 Å². The molecule has 0 fully saturated rings. The van der Waals surface area contributed by atoms with Gasteiger partial charge in [0.05, 0.1) is 10.7 Å². The van der Waals surface area contributed by atoms with Crippen LogP contribution in [0.25, 0.3) is 0 Å². The van der Waals surface area contributed by atoms with Crippen LogP contribution in [0.15, 0.2) is 36.4 Å². The van der Waals surface area contributed by atoms with Gasteiger partial charge in [0, 0.05) is 11.6 Å². The number of carbonyl (C=O) groups excluding carboxylic acids is 1. The van der Waals surface area contributed by atoms with Crippen LogP contribution in [0.1, 0.15) is 28.9 Å². The highest BCUT2D eigenvalue weighted by Gasteiger charge is 2.12. The minimum atomic E-state index is -0.643. The lowest BCUT2D eigenvalue weighted by Crippen LogP contribution is -2.13. The van der Waals surface area contributed by atoms with E-state index >= 15 is 0 Å². The van der Waals surface area contributed by atoms with Gasteiger partial charge in [0.15, 0.2) is 0 Å². The lowest BCUT2D eigenvalue weighted by atomic mass is 10.1. The van der Waals surface area contributed by atoms with E-state index in [9.17, 15) is 13.6 Å². The zero-order chi connectivity index (χ0) is 15.6. The van der Waals surface area contributed by atoms with Crippen molar-refractivity contribution >= 4 is 23.2 Å². The molecule has 3 N–H and O–H groups in total. The Labute approximate surface area is 125 Å². The van der Waals surface area contributed by atoms with Crippen molar-refractivity contribution in [2.45, 2.75) is 13.0 Å². The largest absolute Gasteiger partial charge is 0.376 e. The number of anilines is 1. The number of carbonyl (C=O) groups is 1. The van der Waals surface area contributed by atoms with Crippen LogP contribution < -0.4 is 11.1 Å². The summed E-state index contributed by atoms with van der Waals surface area (Å²) in [6.45, 7) is 1.76. The molecule has 2 aromatic rings. The summed E-state index contributed by atoms with van der Waals surface area (Å²) in [6.07, 6.45) is 0. The third kappa shape index (κ3) is 3.49. The molecule has 0 saturated heterocycles. The molecule has 1 amide bonds. The number of benzene rings is 2. The first kappa shape index (κ1) is 15.3. The number of hydrogen-bond acceptors (Lipinski definition) is 2. The van der Waals surface area contributed by atoms with Gasteiger partial charge >= 0.3 is 0 Å². The molecule has 21 heavy (non-hydrogen) atoms. The molecule has 0 aliphatic carbocycles. The Morgan fingerprint density at radius 1 is 1.19 bits per heavy atom. The standard InChI is InChI=1S/C15H13ClF2N2O/c1-8(9-2-4-12(17)11(16)6-9)20-14-7-10(15(19)21)3-5-13(14)18/h2-8,20H,1H3,(H2,19,21). The second-order valence-corrected chi connectivity index (χ2v) is 5.01. The van der Waals surface area contributed by atoms with Crippen LogP contribution in [0, 0.1) is 11.6 Å². The SMILES string of the molecule is CC(Nc1cc(C(N)=O)ccc1F)c1ccc(F)c(Cl)c1. The van der Waals surface area contributed by atoms with Gasteiger partial charge in [0.1, 0.15) is 11.6 Å². The highest BCUT2D eigenvalue weighted by molar-refractivity contribution is 6.30. The number of hydrogen-bond donors (Lipinski definition) is 2. The van der Waals surface area contributed by atoms with E-state index in [1.165, 1.54) is 24.3 Å². The van der Waals surface area contributed by atoms with E-state index in [0.29, 0.717) is 5.56 Å². The molecule has 0 saturated carbocycles. The summed E-state index contributed by atoms with van der Waals surface area (Å²) in [5, 5.41) is 2.90. The molecule has 2 aromatic carbocycles. The van der Waals surface area contributed by atoms with E-state index in [2.05, 4.69) is 5.32 Å². The molecular weight excluding hydrogens is 298 g/mol. The third-order valence-corrected chi connectivity index (χ3v) is 3.36. The third-order valence-electron chi connectivity index (χ3n) is 3.07. The first-order chi connectivity index (χ1) is 9.88. The molecule has 0 aromatic heterocycles. The lowest BCUT2D eigenvalue weighted by molar-refractivity contribution is 0.100. The van der Waals surface area contributed by atoms with Crippen molar-refractivity contribution in [3.63, 3.8) is 0 Å². The van der Waals surface area contributed by atoms with Gasteiger partial charge in [-0.1, -0.05) is 17.7 Å². The predicted octanol–water partition coefficient (Wildman–Crippen LogP) is 3.89. The highest BCUT2D eigenvalue weighted by atomic mass is 35.5. The molecule has 3 nitrogen and oxygen atoms in total. The van der Waals surface area contributed by atoms with Gasteiger partial charge in [0.25, 0.3) is 0 Å². The van der Waals surface area contributed by atoms with Gasteiger partial charge in [-0.3, -0.25) is 4.79 Å². The molecule has 0 heterocycles. The van der Waals surface area contributed by atoms with Crippen molar-refractivity contribution in [2.24, 2.45) is 5.73 Å². The summed E-state index contributed by atoms with van der Waals surface area (Å²) in [5.74, 6) is -1.68. The molecule has 0 aliphatic heterocycles. The van der Waals surface area contributed by atoms with Gasteiger partial charge in [-0.15, -0.1) is 0 Å². The molecule has 1 unspecified atom stereocenters. The molecule has 2 rings (SSSR count). The number of primary amides is 1. The van der Waals surface area contributed by atoms with Crippen molar-refractivity contribution in [1.29, 1.82) is 0 Å². The topological polar surface area (TPSA) is 55.1 Å². The molecular formula is C15H13ClF2N2O. The van der Waals surface area contributed by atoms with Crippen LogP contribution in [-0.2, 0) is 0 Å². The highest BCUT2D eigenvalue weighted by Crippen LogP contribution is 2.25. The number of nitrogens with one attached hydrogen (secondary N) is 1. The monoisotopic (exact) mass is 310 g/mol. The normalized spacial score (nSPS) is 12.0.